The zero-order chi connectivity index (χ0) is 21.3. The number of rotatable bonds is 4. The largest absolute Gasteiger partial charge is 0.461 e. The summed E-state index contributed by atoms with van der Waals surface area (Å²) in [4.78, 5) is 32.2. The van der Waals surface area contributed by atoms with Crippen LogP contribution in [0, 0.1) is 6.92 Å². The van der Waals surface area contributed by atoms with Crippen molar-refractivity contribution in [1.29, 1.82) is 0 Å². The Kier molecular flexibility index (Phi) is 6.65. The summed E-state index contributed by atoms with van der Waals surface area (Å²) < 4.78 is 5.79. The number of hydrogen-bond acceptors (Lipinski definition) is 5. The first-order valence-corrected chi connectivity index (χ1v) is 9.79. The summed E-state index contributed by atoms with van der Waals surface area (Å²) in [6.45, 7) is 3.10. The van der Waals surface area contributed by atoms with Gasteiger partial charge in [0.05, 0.1) is 6.54 Å². The Bertz CT molecular complexity index is 1150. The van der Waals surface area contributed by atoms with Gasteiger partial charge in [0.25, 0.3) is 0 Å². The minimum Gasteiger partial charge on any atom is -0.461 e. The van der Waals surface area contributed by atoms with Crippen LogP contribution in [0.5, 0.6) is 0 Å². The fourth-order valence-electron chi connectivity index (χ4n) is 3.57. The third-order valence-electron chi connectivity index (χ3n) is 5.32. The number of furan rings is 1. The number of benzene rings is 1. The maximum atomic E-state index is 12.7. The molecule has 3 aromatic rings. The van der Waals surface area contributed by atoms with Crippen molar-refractivity contribution >= 4 is 47.1 Å². The van der Waals surface area contributed by atoms with Crippen LogP contribution in [0.15, 0.2) is 47.0 Å². The summed E-state index contributed by atoms with van der Waals surface area (Å²) in [5.41, 5.74) is 3.58. The second kappa shape index (κ2) is 9.22. The minimum absolute atomic E-state index is 0. The molecule has 31 heavy (non-hydrogen) atoms. The molecule has 7 nitrogen and oxygen atoms in total. The highest BCUT2D eigenvalue weighted by Crippen LogP contribution is 2.26. The number of anilines is 1. The lowest BCUT2D eigenvalue weighted by atomic mass is 10.1. The van der Waals surface area contributed by atoms with Gasteiger partial charge >= 0.3 is 0 Å². The Balaban J connectivity index is 0.00000272. The van der Waals surface area contributed by atoms with Crippen molar-refractivity contribution in [2.45, 2.75) is 20.0 Å². The maximum Gasteiger partial charge on any atom is 0.246 e. The zero-order valence-corrected chi connectivity index (χ0v) is 18.5. The number of likely N-dealkylation sites (N-methyl/N-ethyl adjacent to an activating group) is 2. The first-order valence-electron chi connectivity index (χ1n) is 9.79. The highest BCUT2D eigenvalue weighted by atomic mass is 35.5. The molecule has 162 valence electrons. The van der Waals surface area contributed by atoms with Crippen molar-refractivity contribution in [3.8, 4) is 0 Å². The van der Waals surface area contributed by atoms with Crippen LogP contribution in [-0.4, -0.2) is 47.2 Å². The molecule has 0 radical (unpaired) electrons. The summed E-state index contributed by atoms with van der Waals surface area (Å²) >= 11 is 0. The maximum absolute atomic E-state index is 12.7. The Labute approximate surface area is 187 Å². The van der Waals surface area contributed by atoms with Gasteiger partial charge in [-0.3, -0.25) is 9.59 Å². The van der Waals surface area contributed by atoms with Gasteiger partial charge in [-0.15, -0.1) is 12.4 Å². The first-order chi connectivity index (χ1) is 14.4. The SMILES string of the molecule is Cc1oc2ccccc2c1CN(C)C(=O)/C=C/c1cnc2c(c1)CN(C)C(=O)CN2.Cl. The molecule has 0 atom stereocenters. The lowest BCUT2D eigenvalue weighted by molar-refractivity contribution is -0.128. The van der Waals surface area contributed by atoms with Gasteiger partial charge in [-0.2, -0.15) is 0 Å². The predicted octanol–water partition coefficient (Wildman–Crippen LogP) is 3.61. The van der Waals surface area contributed by atoms with E-state index in [1.165, 1.54) is 0 Å². The number of hydrogen-bond donors (Lipinski definition) is 1. The van der Waals surface area contributed by atoms with Crippen LogP contribution in [0.4, 0.5) is 5.82 Å². The average molecular weight is 441 g/mol. The molecule has 2 aromatic heterocycles. The quantitative estimate of drug-likeness (QED) is 0.627. The van der Waals surface area contributed by atoms with E-state index in [1.54, 1.807) is 42.2 Å². The van der Waals surface area contributed by atoms with E-state index in [1.807, 2.05) is 37.3 Å². The van der Waals surface area contributed by atoms with Gasteiger partial charge in [0.1, 0.15) is 17.2 Å². The molecule has 0 bridgehead atoms. The van der Waals surface area contributed by atoms with E-state index in [0.717, 1.165) is 33.4 Å². The summed E-state index contributed by atoms with van der Waals surface area (Å²) in [5.74, 6) is 1.43. The Morgan fingerprint density at radius 1 is 1.35 bits per heavy atom. The number of carbonyl (C=O) groups is 2. The van der Waals surface area contributed by atoms with E-state index in [9.17, 15) is 9.59 Å². The topological polar surface area (TPSA) is 78.7 Å². The fourth-order valence-corrected chi connectivity index (χ4v) is 3.57. The number of nitrogens with one attached hydrogen (secondary N) is 1. The molecular formula is C23H25ClN4O3. The third kappa shape index (κ3) is 4.72. The van der Waals surface area contributed by atoms with Crippen LogP contribution in [0.1, 0.15) is 22.5 Å². The van der Waals surface area contributed by atoms with E-state index in [4.69, 9.17) is 4.42 Å². The van der Waals surface area contributed by atoms with Crippen molar-refractivity contribution in [2.24, 2.45) is 0 Å². The standard InChI is InChI=1S/C23H24N4O3.ClH/c1-15-19(18-6-4-5-7-20(18)30-15)14-27(3)21(28)9-8-16-10-17-13-26(2)22(29)12-25-23(17)24-11-16;/h4-11H,12-14H2,1-3H3,(H,24,25);1H/b9-8+;. The van der Waals surface area contributed by atoms with Crippen LogP contribution >= 0.6 is 12.4 Å². The second-order valence-electron chi connectivity index (χ2n) is 7.54. The summed E-state index contributed by atoms with van der Waals surface area (Å²) in [6.07, 6.45) is 4.98. The molecule has 0 unspecified atom stereocenters. The molecule has 4 rings (SSSR count). The number of para-hydroxylation sites is 1. The van der Waals surface area contributed by atoms with E-state index < -0.39 is 0 Å². The highest BCUT2D eigenvalue weighted by Gasteiger charge is 2.18. The van der Waals surface area contributed by atoms with Crippen LogP contribution in [0.25, 0.3) is 17.0 Å². The molecule has 8 heteroatoms. The van der Waals surface area contributed by atoms with Crippen LogP contribution in [0.2, 0.25) is 0 Å². The van der Waals surface area contributed by atoms with Crippen molar-refractivity contribution in [1.82, 2.24) is 14.8 Å². The van der Waals surface area contributed by atoms with Crippen molar-refractivity contribution in [2.75, 3.05) is 26.0 Å². The molecule has 0 saturated heterocycles. The summed E-state index contributed by atoms with van der Waals surface area (Å²) in [5, 5.41) is 4.08. The predicted molar refractivity (Wildman–Crippen MR) is 123 cm³/mol. The number of nitrogens with zero attached hydrogens (tertiary/aromatic N) is 3. The normalized spacial score (nSPS) is 13.5. The van der Waals surface area contributed by atoms with E-state index in [0.29, 0.717) is 18.9 Å². The van der Waals surface area contributed by atoms with Crippen molar-refractivity contribution < 1.29 is 14.0 Å². The van der Waals surface area contributed by atoms with E-state index in [2.05, 4.69) is 10.3 Å². The number of amides is 2. The molecule has 0 fully saturated rings. The van der Waals surface area contributed by atoms with Gasteiger partial charge < -0.3 is 19.5 Å². The number of pyridine rings is 1. The van der Waals surface area contributed by atoms with Crippen LogP contribution < -0.4 is 5.32 Å². The molecule has 1 aliphatic heterocycles. The molecule has 0 aliphatic carbocycles. The Morgan fingerprint density at radius 2 is 2.13 bits per heavy atom. The van der Waals surface area contributed by atoms with Gasteiger partial charge in [0, 0.05) is 56.0 Å². The molecule has 2 amide bonds. The minimum atomic E-state index is -0.111. The zero-order valence-electron chi connectivity index (χ0n) is 17.7. The van der Waals surface area contributed by atoms with Crippen LogP contribution in [0.3, 0.4) is 0 Å². The van der Waals surface area contributed by atoms with E-state index >= 15 is 0 Å². The molecule has 1 N–H and O–H groups in total. The lowest BCUT2D eigenvalue weighted by Gasteiger charge is -2.15. The molecule has 1 aromatic carbocycles. The van der Waals surface area contributed by atoms with Crippen LogP contribution in [-0.2, 0) is 22.7 Å². The van der Waals surface area contributed by atoms with E-state index in [-0.39, 0.29) is 30.8 Å². The van der Waals surface area contributed by atoms with Gasteiger partial charge in [-0.05, 0) is 30.7 Å². The average Bonchev–Trinajstić information content (AvgIpc) is 2.97. The van der Waals surface area contributed by atoms with Gasteiger partial charge in [0.2, 0.25) is 11.8 Å². The molecule has 3 heterocycles. The summed E-state index contributed by atoms with van der Waals surface area (Å²) in [6, 6.07) is 9.78. The monoisotopic (exact) mass is 440 g/mol. The second-order valence-corrected chi connectivity index (χ2v) is 7.54. The Hall–Kier alpha value is -3.32. The number of carbonyl (C=O) groups excluding carboxylic acids is 2. The third-order valence-corrected chi connectivity index (χ3v) is 5.32. The number of aromatic nitrogens is 1. The Morgan fingerprint density at radius 3 is 2.94 bits per heavy atom. The molecule has 1 aliphatic rings. The van der Waals surface area contributed by atoms with Crippen molar-refractivity contribution in [3.63, 3.8) is 0 Å². The van der Waals surface area contributed by atoms with Gasteiger partial charge in [-0.1, -0.05) is 18.2 Å². The number of halogens is 1. The van der Waals surface area contributed by atoms with Gasteiger partial charge in [-0.25, -0.2) is 4.98 Å². The number of aryl methyl sites for hydroxylation is 1. The van der Waals surface area contributed by atoms with Gasteiger partial charge in [0.15, 0.2) is 0 Å². The molecule has 0 spiro atoms. The molecule has 0 saturated carbocycles. The summed E-state index contributed by atoms with van der Waals surface area (Å²) in [7, 11) is 3.54. The molecular weight excluding hydrogens is 416 g/mol. The number of fused-ring (bicyclic) bond motifs is 2. The van der Waals surface area contributed by atoms with Crippen molar-refractivity contribution in [3.05, 3.63) is 65.1 Å². The lowest BCUT2D eigenvalue weighted by Crippen LogP contribution is -2.28. The fraction of sp³-hybridized carbons (Fsp3) is 0.261. The smallest absolute Gasteiger partial charge is 0.246 e. The highest BCUT2D eigenvalue weighted by molar-refractivity contribution is 5.92. The first kappa shape index (κ1) is 22.4.